The molecule has 0 aromatic carbocycles. The lowest BCUT2D eigenvalue weighted by Crippen LogP contribution is -2.57. The highest BCUT2D eigenvalue weighted by Gasteiger charge is 2.68. The van der Waals surface area contributed by atoms with Crippen LogP contribution >= 0.6 is 0 Å². The van der Waals surface area contributed by atoms with Gasteiger partial charge in [-0.25, -0.2) is 0 Å². The van der Waals surface area contributed by atoms with E-state index in [9.17, 15) is 4.79 Å². The molecule has 0 radical (unpaired) electrons. The van der Waals surface area contributed by atoms with Crippen molar-refractivity contribution >= 4 is 5.91 Å². The minimum absolute atomic E-state index is 0.0618. The first-order chi connectivity index (χ1) is 17.1. The molecule has 36 heavy (non-hydrogen) atoms. The van der Waals surface area contributed by atoms with E-state index < -0.39 is 0 Å². The molecule has 2 heterocycles. The molecule has 2 aliphatic heterocycles. The Morgan fingerprint density at radius 2 is 1.94 bits per heavy atom. The fourth-order valence-corrected chi connectivity index (χ4v) is 10.5. The van der Waals surface area contributed by atoms with Gasteiger partial charge in [0.25, 0.3) is 0 Å². The van der Waals surface area contributed by atoms with Crippen molar-refractivity contribution in [3.05, 3.63) is 11.6 Å². The molecule has 0 aromatic rings. The molecule has 1 spiro atoms. The summed E-state index contributed by atoms with van der Waals surface area (Å²) in [5, 5.41) is 7.23. The van der Waals surface area contributed by atoms with Crippen molar-refractivity contribution in [2.45, 2.75) is 103 Å². The first-order valence-corrected chi connectivity index (χ1v) is 15.1. The van der Waals surface area contributed by atoms with E-state index in [1.54, 1.807) is 5.57 Å². The van der Waals surface area contributed by atoms with E-state index in [0.717, 1.165) is 43.1 Å². The van der Waals surface area contributed by atoms with Gasteiger partial charge in [0.1, 0.15) is 5.72 Å². The number of piperidine rings is 1. The highest BCUT2D eigenvalue weighted by molar-refractivity contribution is 5.78. The van der Waals surface area contributed by atoms with Crippen molar-refractivity contribution in [2.24, 2.45) is 46.3 Å². The third-order valence-corrected chi connectivity index (χ3v) is 12.4. The molecule has 5 heteroatoms. The number of rotatable bonds is 3. The summed E-state index contributed by atoms with van der Waals surface area (Å²) < 4.78 is 7.05. The number of carbonyl (C=O) groups is 1. The molecular weight excluding hydrogens is 446 g/mol. The van der Waals surface area contributed by atoms with E-state index in [0.29, 0.717) is 41.4 Å². The summed E-state index contributed by atoms with van der Waals surface area (Å²) in [6, 6.07) is 0.309. The smallest absolute Gasteiger partial charge is 0.234 e. The van der Waals surface area contributed by atoms with Crippen LogP contribution < -0.4 is 10.6 Å². The van der Waals surface area contributed by atoms with Crippen LogP contribution in [0.1, 0.15) is 85.5 Å². The molecule has 0 aromatic heterocycles. The minimum Gasteiger partial charge on any atom is -0.357 e. The Bertz CT molecular complexity index is 907. The molecule has 6 aliphatic rings. The molecule has 5 fully saturated rings. The standard InChI is InChI=1S/C31H51N3O2/c1-19-9-14-31(32-17-19)20(2)28-26(36-31)16-25-23-8-7-21-15-22(33-27(35)18-34(5)6)10-12-29(21,3)24(23)11-13-30(25,28)4/h7,19-20,22-26,28,32H,8-18H2,1-6H3,(H,33,35)/t19-,20+,22?,23-,24+,25+,26+,28+,29+,30+,31-/m1/s1. The summed E-state index contributed by atoms with van der Waals surface area (Å²) in [5.74, 6) is 4.63. The Balaban J connectivity index is 1.18. The van der Waals surface area contributed by atoms with Crippen molar-refractivity contribution in [1.29, 1.82) is 0 Å². The monoisotopic (exact) mass is 497 g/mol. The number of fused-ring (bicyclic) bond motifs is 7. The van der Waals surface area contributed by atoms with Crippen molar-refractivity contribution in [1.82, 2.24) is 15.5 Å². The predicted octanol–water partition coefficient (Wildman–Crippen LogP) is 4.97. The average molecular weight is 498 g/mol. The normalized spacial score (nSPS) is 51.8. The van der Waals surface area contributed by atoms with Crippen LogP contribution in [0.2, 0.25) is 0 Å². The molecule has 1 amide bonds. The van der Waals surface area contributed by atoms with Crippen molar-refractivity contribution in [2.75, 3.05) is 27.2 Å². The lowest BCUT2D eigenvalue weighted by molar-refractivity contribution is -0.122. The van der Waals surface area contributed by atoms with Crippen LogP contribution in [-0.2, 0) is 9.53 Å². The SMILES string of the molecule is C[C@@H]1CC[C@@]2(NC1)O[C@H]1C[C@H]3[C@@H]4CC=C5CC(NC(=O)CN(C)C)CC[C@]5(C)[C@H]4CC[C@]3(C)[C@H]1[C@@H]2C. The van der Waals surface area contributed by atoms with E-state index >= 15 is 0 Å². The number of hydrogen-bond donors (Lipinski definition) is 2. The van der Waals surface area contributed by atoms with Crippen LogP contribution in [0.25, 0.3) is 0 Å². The van der Waals surface area contributed by atoms with Crippen LogP contribution in [0, 0.1) is 46.3 Å². The number of allylic oxidation sites excluding steroid dienone is 1. The first-order valence-electron chi connectivity index (χ1n) is 15.1. The first kappa shape index (κ1) is 25.4. The van der Waals surface area contributed by atoms with Crippen molar-refractivity contribution < 1.29 is 9.53 Å². The summed E-state index contributed by atoms with van der Waals surface area (Å²) in [5.41, 5.74) is 2.32. The maximum Gasteiger partial charge on any atom is 0.234 e. The summed E-state index contributed by atoms with van der Waals surface area (Å²) in [6.45, 7) is 11.7. The number of amides is 1. The zero-order valence-electron chi connectivity index (χ0n) is 23.7. The fourth-order valence-electron chi connectivity index (χ4n) is 10.5. The van der Waals surface area contributed by atoms with Gasteiger partial charge in [0.05, 0.1) is 12.6 Å². The molecule has 5 nitrogen and oxygen atoms in total. The lowest BCUT2D eigenvalue weighted by atomic mass is 9.46. The Morgan fingerprint density at radius 1 is 1.14 bits per heavy atom. The number of nitrogens with zero attached hydrogens (tertiary/aromatic N) is 1. The van der Waals surface area contributed by atoms with Gasteiger partial charge in [-0.15, -0.1) is 0 Å². The highest BCUT2D eigenvalue weighted by atomic mass is 16.5. The van der Waals surface area contributed by atoms with Gasteiger partial charge in [0.2, 0.25) is 5.91 Å². The maximum atomic E-state index is 12.4. The molecule has 2 N–H and O–H groups in total. The quantitative estimate of drug-likeness (QED) is 0.541. The minimum atomic E-state index is -0.0618. The van der Waals surface area contributed by atoms with Gasteiger partial charge < -0.3 is 15.0 Å². The van der Waals surface area contributed by atoms with Crippen LogP contribution in [0.5, 0.6) is 0 Å². The topological polar surface area (TPSA) is 53.6 Å². The number of carbonyl (C=O) groups excluding carboxylic acids is 1. The number of hydrogen-bond acceptors (Lipinski definition) is 4. The molecule has 202 valence electrons. The molecular formula is C31H51N3O2. The number of likely N-dealkylation sites (N-methyl/N-ethyl adjacent to an activating group) is 1. The van der Waals surface area contributed by atoms with Crippen LogP contribution in [-0.4, -0.2) is 55.9 Å². The third kappa shape index (κ3) is 3.77. The number of ether oxygens (including phenoxy) is 1. The van der Waals surface area contributed by atoms with Crippen molar-refractivity contribution in [3.63, 3.8) is 0 Å². The summed E-state index contributed by atoms with van der Waals surface area (Å²) in [7, 11) is 3.93. The van der Waals surface area contributed by atoms with E-state index in [4.69, 9.17) is 4.74 Å². The van der Waals surface area contributed by atoms with Crippen LogP contribution in [0.4, 0.5) is 0 Å². The third-order valence-electron chi connectivity index (χ3n) is 12.4. The molecule has 2 saturated heterocycles. The molecule has 4 aliphatic carbocycles. The number of nitrogens with one attached hydrogen (secondary N) is 2. The summed E-state index contributed by atoms with van der Waals surface area (Å²) in [6.07, 6.45) is 14.2. The Hall–Kier alpha value is -0.910. The van der Waals surface area contributed by atoms with Gasteiger partial charge >= 0.3 is 0 Å². The fraction of sp³-hybridized carbons (Fsp3) is 0.903. The Morgan fingerprint density at radius 3 is 2.67 bits per heavy atom. The summed E-state index contributed by atoms with van der Waals surface area (Å²) in [4.78, 5) is 14.4. The molecule has 6 rings (SSSR count). The lowest BCUT2D eigenvalue weighted by Gasteiger charge is -2.58. The van der Waals surface area contributed by atoms with E-state index in [-0.39, 0.29) is 11.6 Å². The van der Waals surface area contributed by atoms with Gasteiger partial charge in [0.15, 0.2) is 0 Å². The van der Waals surface area contributed by atoms with Gasteiger partial charge in [-0.05, 0) is 112 Å². The highest BCUT2D eigenvalue weighted by Crippen LogP contribution is 2.70. The van der Waals surface area contributed by atoms with Crippen LogP contribution in [0.3, 0.4) is 0 Å². The largest absolute Gasteiger partial charge is 0.357 e. The van der Waals surface area contributed by atoms with Gasteiger partial charge in [0, 0.05) is 18.5 Å². The molecule has 1 unspecified atom stereocenters. The maximum absolute atomic E-state index is 12.4. The van der Waals surface area contributed by atoms with E-state index in [2.05, 4.69) is 44.4 Å². The molecule has 3 saturated carbocycles. The van der Waals surface area contributed by atoms with E-state index in [1.165, 1.54) is 44.9 Å². The second kappa shape index (κ2) is 8.81. The molecule has 11 atom stereocenters. The zero-order valence-corrected chi connectivity index (χ0v) is 23.7. The van der Waals surface area contributed by atoms with Crippen molar-refractivity contribution in [3.8, 4) is 0 Å². The second-order valence-electron chi connectivity index (χ2n) is 14.7. The molecule has 0 bridgehead atoms. The van der Waals surface area contributed by atoms with Gasteiger partial charge in [-0.3, -0.25) is 10.1 Å². The second-order valence-corrected chi connectivity index (χ2v) is 14.7. The average Bonchev–Trinajstić information content (AvgIpc) is 3.26. The van der Waals surface area contributed by atoms with Gasteiger partial charge in [-0.2, -0.15) is 0 Å². The van der Waals surface area contributed by atoms with Gasteiger partial charge in [-0.1, -0.05) is 39.3 Å². The summed E-state index contributed by atoms with van der Waals surface area (Å²) >= 11 is 0. The van der Waals surface area contributed by atoms with E-state index in [1.807, 2.05) is 19.0 Å². The Labute approximate surface area is 219 Å². The Kier molecular flexibility index (Phi) is 6.21. The van der Waals surface area contributed by atoms with Crippen LogP contribution in [0.15, 0.2) is 11.6 Å². The predicted molar refractivity (Wildman–Crippen MR) is 144 cm³/mol. The zero-order chi connectivity index (χ0) is 25.5.